The second-order valence-electron chi connectivity index (χ2n) is 7.46. The van der Waals surface area contributed by atoms with E-state index < -0.39 is 22.6 Å². The molecule has 0 N–H and O–H groups in total. The van der Waals surface area contributed by atoms with Gasteiger partial charge in [0.25, 0.3) is 5.91 Å². The molecule has 0 radical (unpaired) electrons. The van der Waals surface area contributed by atoms with Gasteiger partial charge in [-0.2, -0.15) is 4.31 Å². The number of piperazine rings is 1. The third-order valence-electron chi connectivity index (χ3n) is 5.07. The Morgan fingerprint density at radius 2 is 1.62 bits per heavy atom. The van der Waals surface area contributed by atoms with E-state index in [0.29, 0.717) is 11.3 Å². The van der Waals surface area contributed by atoms with Crippen LogP contribution in [-0.2, 0) is 24.3 Å². The Morgan fingerprint density at radius 1 is 0.969 bits per heavy atom. The molecule has 1 amide bonds. The molecule has 0 unspecified atom stereocenters. The maximum Gasteiger partial charge on any atom is 0.344 e. The maximum absolute atomic E-state index is 13.0. The molecule has 32 heavy (non-hydrogen) atoms. The number of rotatable bonds is 7. The van der Waals surface area contributed by atoms with Crippen molar-refractivity contribution in [2.24, 2.45) is 0 Å². The molecule has 0 atom stereocenters. The molecule has 1 heterocycles. The molecule has 1 fully saturated rings. The average molecular weight is 525 g/mol. The van der Waals surface area contributed by atoms with Crippen molar-refractivity contribution in [3.63, 3.8) is 0 Å². The van der Waals surface area contributed by atoms with Gasteiger partial charge in [-0.25, -0.2) is 13.2 Å². The molecule has 2 aromatic carbocycles. The van der Waals surface area contributed by atoms with Crippen LogP contribution in [-0.4, -0.2) is 68.9 Å². The summed E-state index contributed by atoms with van der Waals surface area (Å²) in [6, 6.07) is 12.2. The first kappa shape index (κ1) is 24.2. The molecule has 1 aliphatic rings. The van der Waals surface area contributed by atoms with Gasteiger partial charge in [-0.15, -0.1) is 0 Å². The van der Waals surface area contributed by atoms with Gasteiger partial charge in [-0.1, -0.05) is 33.6 Å². The van der Waals surface area contributed by atoms with Gasteiger partial charge in [0.1, 0.15) is 5.75 Å². The lowest BCUT2D eigenvalue weighted by atomic mass is 10.2. The highest BCUT2D eigenvalue weighted by atomic mass is 79.9. The molecule has 0 saturated carbocycles. The van der Waals surface area contributed by atoms with Crippen molar-refractivity contribution in [3.05, 3.63) is 58.1 Å². The summed E-state index contributed by atoms with van der Waals surface area (Å²) >= 11 is 3.31. The summed E-state index contributed by atoms with van der Waals surface area (Å²) < 4.78 is 38.5. The van der Waals surface area contributed by atoms with Crippen molar-refractivity contribution in [3.8, 4) is 5.75 Å². The summed E-state index contributed by atoms with van der Waals surface area (Å²) in [7, 11) is -3.63. The zero-order valence-electron chi connectivity index (χ0n) is 17.9. The van der Waals surface area contributed by atoms with E-state index in [1.165, 1.54) is 9.21 Å². The normalized spacial score (nSPS) is 14.8. The topological polar surface area (TPSA) is 93.2 Å². The van der Waals surface area contributed by atoms with E-state index in [9.17, 15) is 18.0 Å². The zero-order valence-corrected chi connectivity index (χ0v) is 20.3. The van der Waals surface area contributed by atoms with E-state index in [1.54, 1.807) is 43.3 Å². The number of nitrogens with zero attached hydrogens (tertiary/aromatic N) is 2. The molecule has 0 bridgehead atoms. The Bertz CT molecular complexity index is 1080. The standard InChI is InChI=1S/C22H25BrN2O6S/c1-16-3-8-20(17(2)13-16)32(28,29)25-11-9-24(10-12-25)21(26)14-31-22(27)15-30-19-6-4-18(23)5-7-19/h3-8,13H,9-12,14-15H2,1-2H3. The highest BCUT2D eigenvalue weighted by Gasteiger charge is 2.31. The van der Waals surface area contributed by atoms with Crippen LogP contribution >= 0.6 is 15.9 Å². The van der Waals surface area contributed by atoms with E-state index >= 15 is 0 Å². The molecule has 172 valence electrons. The summed E-state index contributed by atoms with van der Waals surface area (Å²) in [5, 5.41) is 0. The zero-order chi connectivity index (χ0) is 23.3. The molecule has 8 nitrogen and oxygen atoms in total. The van der Waals surface area contributed by atoms with Crippen molar-refractivity contribution in [2.45, 2.75) is 18.7 Å². The lowest BCUT2D eigenvalue weighted by molar-refractivity contribution is -0.154. The molecule has 0 spiro atoms. The Morgan fingerprint density at radius 3 is 2.25 bits per heavy atom. The number of esters is 1. The molecule has 3 rings (SSSR count). The highest BCUT2D eigenvalue weighted by molar-refractivity contribution is 9.10. The molecular weight excluding hydrogens is 500 g/mol. The molecular formula is C22H25BrN2O6S. The van der Waals surface area contributed by atoms with E-state index in [-0.39, 0.29) is 43.6 Å². The summed E-state index contributed by atoms with van der Waals surface area (Å²) in [6.07, 6.45) is 0. The van der Waals surface area contributed by atoms with Crippen molar-refractivity contribution in [1.82, 2.24) is 9.21 Å². The van der Waals surface area contributed by atoms with E-state index in [4.69, 9.17) is 9.47 Å². The highest BCUT2D eigenvalue weighted by Crippen LogP contribution is 2.22. The summed E-state index contributed by atoms with van der Waals surface area (Å²) in [4.78, 5) is 26.0. The largest absolute Gasteiger partial charge is 0.482 e. The molecule has 0 aromatic heterocycles. The number of carbonyl (C=O) groups excluding carboxylic acids is 2. The minimum Gasteiger partial charge on any atom is -0.482 e. The van der Waals surface area contributed by atoms with Gasteiger partial charge in [-0.05, 0) is 49.7 Å². The van der Waals surface area contributed by atoms with Crippen LogP contribution in [0.4, 0.5) is 0 Å². The number of carbonyl (C=O) groups is 2. The SMILES string of the molecule is Cc1ccc(S(=O)(=O)N2CCN(C(=O)COC(=O)COc3ccc(Br)cc3)CC2)c(C)c1. The second kappa shape index (κ2) is 10.5. The summed E-state index contributed by atoms with van der Waals surface area (Å²) in [6.45, 7) is 3.79. The monoisotopic (exact) mass is 524 g/mol. The number of halogens is 1. The fourth-order valence-electron chi connectivity index (χ4n) is 3.35. The average Bonchev–Trinajstić information content (AvgIpc) is 2.77. The van der Waals surface area contributed by atoms with E-state index in [0.717, 1.165) is 10.0 Å². The van der Waals surface area contributed by atoms with Crippen molar-refractivity contribution in [2.75, 3.05) is 39.4 Å². The third-order valence-corrected chi connectivity index (χ3v) is 7.65. The van der Waals surface area contributed by atoms with E-state index in [1.807, 2.05) is 13.0 Å². The first-order valence-corrected chi connectivity index (χ1v) is 12.3. The first-order chi connectivity index (χ1) is 15.2. The minimum atomic E-state index is -3.63. The van der Waals surface area contributed by atoms with Crippen LogP contribution in [0.15, 0.2) is 51.8 Å². The second-order valence-corrected chi connectivity index (χ2v) is 10.3. The van der Waals surface area contributed by atoms with Crippen LogP contribution < -0.4 is 4.74 Å². The van der Waals surface area contributed by atoms with Crippen molar-refractivity contribution < 1.29 is 27.5 Å². The fraction of sp³-hybridized carbons (Fsp3) is 0.364. The van der Waals surface area contributed by atoms with Gasteiger partial charge in [0.2, 0.25) is 10.0 Å². The fourth-order valence-corrected chi connectivity index (χ4v) is 5.25. The maximum atomic E-state index is 13.0. The third kappa shape index (κ3) is 6.08. The lowest BCUT2D eigenvalue weighted by Crippen LogP contribution is -2.51. The van der Waals surface area contributed by atoms with Crippen LogP contribution in [0.25, 0.3) is 0 Å². The number of benzene rings is 2. The Hall–Kier alpha value is -2.43. The van der Waals surface area contributed by atoms with Gasteiger partial charge < -0.3 is 14.4 Å². The van der Waals surface area contributed by atoms with Gasteiger partial charge in [0.05, 0.1) is 4.90 Å². The number of amides is 1. The first-order valence-electron chi connectivity index (χ1n) is 10.1. The lowest BCUT2D eigenvalue weighted by Gasteiger charge is -2.34. The Kier molecular flexibility index (Phi) is 7.91. The van der Waals surface area contributed by atoms with Gasteiger partial charge in [-0.3, -0.25) is 4.79 Å². The van der Waals surface area contributed by atoms with Crippen LogP contribution in [0.1, 0.15) is 11.1 Å². The van der Waals surface area contributed by atoms with Gasteiger partial charge in [0, 0.05) is 30.7 Å². The van der Waals surface area contributed by atoms with Crippen LogP contribution in [0.5, 0.6) is 5.75 Å². The number of aryl methyl sites for hydroxylation is 2. The van der Waals surface area contributed by atoms with Crippen molar-refractivity contribution in [1.29, 1.82) is 0 Å². The summed E-state index contributed by atoms with van der Waals surface area (Å²) in [5.74, 6) is -0.513. The number of hydrogen-bond donors (Lipinski definition) is 0. The Labute approximate surface area is 196 Å². The predicted molar refractivity (Wildman–Crippen MR) is 122 cm³/mol. The van der Waals surface area contributed by atoms with Gasteiger partial charge in [0.15, 0.2) is 13.2 Å². The predicted octanol–water partition coefficient (Wildman–Crippen LogP) is 2.52. The van der Waals surface area contributed by atoms with Crippen LogP contribution in [0.3, 0.4) is 0 Å². The smallest absolute Gasteiger partial charge is 0.344 e. The van der Waals surface area contributed by atoms with Crippen LogP contribution in [0.2, 0.25) is 0 Å². The number of hydrogen-bond acceptors (Lipinski definition) is 6. The summed E-state index contributed by atoms with van der Waals surface area (Å²) in [5.41, 5.74) is 1.69. The quantitative estimate of drug-likeness (QED) is 0.516. The molecule has 10 heteroatoms. The molecule has 2 aromatic rings. The number of sulfonamides is 1. The van der Waals surface area contributed by atoms with Crippen LogP contribution in [0, 0.1) is 13.8 Å². The molecule has 1 aliphatic heterocycles. The number of ether oxygens (including phenoxy) is 2. The van der Waals surface area contributed by atoms with E-state index in [2.05, 4.69) is 15.9 Å². The van der Waals surface area contributed by atoms with Gasteiger partial charge >= 0.3 is 5.97 Å². The molecule has 0 aliphatic carbocycles. The Balaban J connectivity index is 1.45. The molecule has 1 saturated heterocycles. The minimum absolute atomic E-state index is 0.183. The van der Waals surface area contributed by atoms with Crippen molar-refractivity contribution >= 4 is 37.8 Å².